The van der Waals surface area contributed by atoms with Crippen molar-refractivity contribution < 1.29 is 23.9 Å². The fraction of sp³-hybridized carbons (Fsp3) is 0.550. The van der Waals surface area contributed by atoms with Crippen molar-refractivity contribution in [2.75, 3.05) is 6.54 Å². The van der Waals surface area contributed by atoms with Crippen molar-refractivity contribution in [3.8, 4) is 0 Å². The molecule has 1 aromatic carbocycles. The zero-order valence-corrected chi connectivity index (χ0v) is 16.6. The molecule has 0 saturated heterocycles. The van der Waals surface area contributed by atoms with Crippen LogP contribution in [0.25, 0.3) is 0 Å². The van der Waals surface area contributed by atoms with E-state index in [4.69, 9.17) is 15.2 Å². The van der Waals surface area contributed by atoms with E-state index in [1.54, 1.807) is 20.8 Å². The molecule has 0 bridgehead atoms. The molecule has 7 nitrogen and oxygen atoms in total. The molecule has 0 saturated carbocycles. The van der Waals surface area contributed by atoms with Crippen LogP contribution >= 0.6 is 0 Å². The number of esters is 1. The van der Waals surface area contributed by atoms with Crippen molar-refractivity contribution in [3.63, 3.8) is 0 Å². The number of hydrogen-bond acceptors (Lipinski definition) is 6. The molecule has 0 aliphatic heterocycles. The van der Waals surface area contributed by atoms with Gasteiger partial charge in [0.2, 0.25) is 5.91 Å². The quantitative estimate of drug-likeness (QED) is 0.698. The number of hydrogen-bond donors (Lipinski definition) is 1. The Hall–Kier alpha value is -2.41. The molecule has 1 rings (SSSR count). The highest BCUT2D eigenvalue weighted by Gasteiger charge is 2.31. The minimum atomic E-state index is -1.17. The van der Waals surface area contributed by atoms with Crippen LogP contribution in [0.15, 0.2) is 30.3 Å². The maximum Gasteiger partial charge on any atom is 0.417 e. The van der Waals surface area contributed by atoms with Gasteiger partial charge in [0.15, 0.2) is 0 Å². The van der Waals surface area contributed by atoms with Gasteiger partial charge in [0.25, 0.3) is 0 Å². The third kappa shape index (κ3) is 8.68. The molecule has 0 spiro atoms. The lowest BCUT2D eigenvalue weighted by atomic mass is 10.1. The predicted octanol–water partition coefficient (Wildman–Crippen LogP) is 3.01. The van der Waals surface area contributed by atoms with Gasteiger partial charge in [-0.25, -0.2) is 9.69 Å². The maximum absolute atomic E-state index is 12.6. The summed E-state index contributed by atoms with van der Waals surface area (Å²) in [6.07, 6.45) is 0.350. The minimum absolute atomic E-state index is 0.103. The third-order valence-electron chi connectivity index (χ3n) is 3.56. The van der Waals surface area contributed by atoms with Gasteiger partial charge in [-0.05, 0) is 32.8 Å². The van der Waals surface area contributed by atoms with Crippen LogP contribution in [0.4, 0.5) is 4.79 Å². The van der Waals surface area contributed by atoms with Crippen molar-refractivity contribution in [2.24, 2.45) is 5.73 Å². The number of nitrogens with two attached hydrogens (primary N) is 1. The number of unbranched alkanes of at least 4 members (excludes halogenated alkanes) is 1. The highest BCUT2D eigenvalue weighted by atomic mass is 16.6. The second-order valence-corrected chi connectivity index (χ2v) is 7.28. The zero-order valence-electron chi connectivity index (χ0n) is 16.6. The summed E-state index contributed by atoms with van der Waals surface area (Å²) in [5.41, 5.74) is 5.96. The number of rotatable bonds is 8. The second-order valence-electron chi connectivity index (χ2n) is 7.28. The number of nitrogens with zero attached hydrogens (tertiary/aromatic N) is 1. The molecule has 0 heterocycles. The van der Waals surface area contributed by atoms with Gasteiger partial charge in [-0.2, -0.15) is 0 Å². The summed E-state index contributed by atoms with van der Waals surface area (Å²) in [4.78, 5) is 37.9. The molecule has 0 fully saturated rings. The van der Waals surface area contributed by atoms with E-state index in [9.17, 15) is 14.4 Å². The van der Waals surface area contributed by atoms with Crippen molar-refractivity contribution >= 4 is 18.0 Å². The van der Waals surface area contributed by atoms with Gasteiger partial charge in [0.1, 0.15) is 12.2 Å². The first-order valence-corrected chi connectivity index (χ1v) is 9.13. The number of carbonyl (C=O) groups is 3. The minimum Gasteiger partial charge on any atom is -0.461 e. The zero-order chi connectivity index (χ0) is 20.4. The fourth-order valence-corrected chi connectivity index (χ4v) is 2.19. The lowest BCUT2D eigenvalue weighted by molar-refractivity contribution is -0.148. The molecule has 0 aromatic heterocycles. The van der Waals surface area contributed by atoms with E-state index in [1.165, 1.54) is 0 Å². The SMILES string of the molecule is CCCCN(C(=O)OC(C)(C)C)C(=O)[C@@H](N)CC(=O)OCc1ccccc1. The van der Waals surface area contributed by atoms with E-state index in [0.29, 0.717) is 6.42 Å². The molecule has 0 unspecified atom stereocenters. The van der Waals surface area contributed by atoms with Gasteiger partial charge in [-0.15, -0.1) is 0 Å². The Kier molecular flexibility index (Phi) is 8.94. The molecule has 1 atom stereocenters. The number of carbonyl (C=O) groups excluding carboxylic acids is 3. The molecule has 0 aliphatic carbocycles. The summed E-state index contributed by atoms with van der Waals surface area (Å²) in [7, 11) is 0. The summed E-state index contributed by atoms with van der Waals surface area (Å²) >= 11 is 0. The smallest absolute Gasteiger partial charge is 0.417 e. The summed E-state index contributed by atoms with van der Waals surface area (Å²) in [6.45, 7) is 7.39. The van der Waals surface area contributed by atoms with Gasteiger partial charge >= 0.3 is 12.1 Å². The van der Waals surface area contributed by atoms with Crippen LogP contribution in [0, 0.1) is 0 Å². The molecule has 0 aliphatic rings. The Morgan fingerprint density at radius 2 is 1.78 bits per heavy atom. The maximum atomic E-state index is 12.6. The number of imide groups is 1. The summed E-state index contributed by atoms with van der Waals surface area (Å²) in [6, 6.07) is 8.02. The predicted molar refractivity (Wildman–Crippen MR) is 102 cm³/mol. The third-order valence-corrected chi connectivity index (χ3v) is 3.56. The lowest BCUT2D eigenvalue weighted by Gasteiger charge is -2.27. The Bertz CT molecular complexity index is 625. The van der Waals surface area contributed by atoms with E-state index in [-0.39, 0.29) is 19.6 Å². The van der Waals surface area contributed by atoms with E-state index < -0.39 is 29.6 Å². The summed E-state index contributed by atoms with van der Waals surface area (Å²) in [5, 5.41) is 0. The fourth-order valence-electron chi connectivity index (χ4n) is 2.19. The average molecular weight is 378 g/mol. The highest BCUT2D eigenvalue weighted by molar-refractivity contribution is 5.96. The van der Waals surface area contributed by atoms with Crippen LogP contribution in [0.1, 0.15) is 52.5 Å². The molecule has 27 heavy (non-hydrogen) atoms. The van der Waals surface area contributed by atoms with Crippen LogP contribution in [-0.4, -0.2) is 41.1 Å². The summed E-state index contributed by atoms with van der Waals surface area (Å²) in [5.74, 6) is -1.24. The normalized spacial score (nSPS) is 12.2. The van der Waals surface area contributed by atoms with Crippen LogP contribution < -0.4 is 5.73 Å². The first kappa shape index (κ1) is 22.6. The first-order valence-electron chi connectivity index (χ1n) is 9.13. The van der Waals surface area contributed by atoms with Gasteiger partial charge < -0.3 is 15.2 Å². The number of amides is 2. The monoisotopic (exact) mass is 378 g/mol. The Morgan fingerprint density at radius 1 is 1.15 bits per heavy atom. The molecule has 1 aromatic rings. The van der Waals surface area contributed by atoms with Crippen molar-refractivity contribution in [3.05, 3.63) is 35.9 Å². The first-order chi connectivity index (χ1) is 12.6. The molecule has 2 N–H and O–H groups in total. The molecule has 2 amide bonds. The molecule has 7 heteroatoms. The lowest BCUT2D eigenvalue weighted by Crippen LogP contribution is -2.49. The van der Waals surface area contributed by atoms with E-state index in [1.807, 2.05) is 37.3 Å². The van der Waals surface area contributed by atoms with Crippen molar-refractivity contribution in [1.29, 1.82) is 0 Å². The molecular weight excluding hydrogens is 348 g/mol. The number of benzene rings is 1. The van der Waals surface area contributed by atoms with Crippen LogP contribution in [0.5, 0.6) is 0 Å². The Labute approximate surface area is 160 Å². The largest absolute Gasteiger partial charge is 0.461 e. The van der Waals surface area contributed by atoms with Crippen molar-refractivity contribution in [2.45, 2.75) is 65.2 Å². The van der Waals surface area contributed by atoms with Crippen LogP contribution in [-0.2, 0) is 25.7 Å². The second kappa shape index (κ2) is 10.7. The van der Waals surface area contributed by atoms with Crippen LogP contribution in [0.3, 0.4) is 0 Å². The van der Waals surface area contributed by atoms with E-state index in [0.717, 1.165) is 16.9 Å². The number of ether oxygens (including phenoxy) is 2. The standard InChI is InChI=1S/C20H30N2O5/c1-5-6-12-22(19(25)27-20(2,3)4)18(24)16(21)13-17(23)26-14-15-10-8-7-9-11-15/h7-11,16H,5-6,12-14,21H2,1-4H3/t16-/m0/s1. The Morgan fingerprint density at radius 3 is 2.33 bits per heavy atom. The molecule has 0 radical (unpaired) electrons. The molecular formula is C20H30N2O5. The van der Waals surface area contributed by atoms with Gasteiger partial charge in [0.05, 0.1) is 12.5 Å². The topological polar surface area (TPSA) is 98.9 Å². The van der Waals surface area contributed by atoms with Gasteiger partial charge in [-0.3, -0.25) is 9.59 Å². The summed E-state index contributed by atoms with van der Waals surface area (Å²) < 4.78 is 10.4. The van der Waals surface area contributed by atoms with Gasteiger partial charge in [-0.1, -0.05) is 43.7 Å². The van der Waals surface area contributed by atoms with Gasteiger partial charge in [0, 0.05) is 6.54 Å². The average Bonchev–Trinajstić information content (AvgIpc) is 2.59. The van der Waals surface area contributed by atoms with Crippen LogP contribution in [0.2, 0.25) is 0 Å². The van der Waals surface area contributed by atoms with E-state index in [2.05, 4.69) is 0 Å². The Balaban J connectivity index is 2.64. The molecule has 150 valence electrons. The van der Waals surface area contributed by atoms with E-state index >= 15 is 0 Å². The highest BCUT2D eigenvalue weighted by Crippen LogP contribution is 2.12. The van der Waals surface area contributed by atoms with Crippen molar-refractivity contribution in [1.82, 2.24) is 4.90 Å².